The number of quaternary nitrogens is 2. The van der Waals surface area contributed by atoms with Gasteiger partial charge >= 0.3 is 26.4 Å². The minimum absolute atomic E-state index is 0.173. The van der Waals surface area contributed by atoms with E-state index in [1.165, 1.54) is 315 Å². The summed E-state index contributed by atoms with van der Waals surface area (Å²) in [5, 5.41) is 0. The lowest BCUT2D eigenvalue weighted by Gasteiger charge is -2.34. The summed E-state index contributed by atoms with van der Waals surface area (Å²) in [7, 11) is 1.46. The van der Waals surface area contributed by atoms with Gasteiger partial charge in [0.1, 0.15) is 6.10 Å². The van der Waals surface area contributed by atoms with Crippen LogP contribution in [-0.2, 0) is 45.2 Å². The zero-order valence-electron chi connectivity index (χ0n) is 73.9. The first kappa shape index (κ1) is 106. The van der Waals surface area contributed by atoms with Crippen LogP contribution in [0.2, 0.25) is 18.1 Å². The molecule has 638 valence electrons. The standard InChI is InChI=1S/C88H189N3O12Si3/c1-16-23-26-29-32-35-38-41-44-47-50-53-56-59-62-65-71-89(11)72-68-78-105(97-19-4,98-20-5)102-86(9)81-95-84-88(83-94-80-85(8)101-104(92,93)77-69-75-90(12,13)73-66-63-60-57-54-51-48-45-42-39-36-33-30-27-24-17-2)96-82-87(10)103-106(99-21-6,100-22-7)79-70-76-91(14,15)74-67-64-61-58-55-52-49-46-43-40-37-34-31-28-25-18-3/h85-88,92-93H,16-84H2,1-15H3/q+2. The SMILES string of the molecule is CCCCCCCCCCCCCCCCCCN(C)CCC[Si](OCC)(OCC)OC(C)COCC(COCC(C)O[Si](O)(O)CCC[N+](C)(C)CCCCCCCCCCCCCCCCCC)OCC(C)O[Si](CCC[N+](C)(C)CCCCCCCCCCCCCCCCCC)(OCC)OCC. The third-order valence-corrected chi connectivity index (χ3v) is 29.8. The topological polar surface area (TPSA) is 136 Å². The Morgan fingerprint density at radius 3 is 0.840 bits per heavy atom. The van der Waals surface area contributed by atoms with Crippen molar-refractivity contribution >= 4 is 26.4 Å². The third kappa shape index (κ3) is 68.5. The van der Waals surface area contributed by atoms with E-state index in [1.54, 1.807) is 0 Å². The molecule has 0 saturated carbocycles. The summed E-state index contributed by atoms with van der Waals surface area (Å²) in [5.74, 6) is 0. The molecule has 0 aromatic rings. The Hall–Kier alpha value is 0.0506. The summed E-state index contributed by atoms with van der Waals surface area (Å²) >= 11 is 0. The van der Waals surface area contributed by atoms with Crippen molar-refractivity contribution in [1.82, 2.24) is 4.90 Å². The number of ether oxygens (including phenoxy) is 3. The first-order valence-corrected chi connectivity index (χ1v) is 52.2. The van der Waals surface area contributed by atoms with Crippen LogP contribution < -0.4 is 0 Å². The smallest absolute Gasteiger partial charge is 0.390 e. The fourth-order valence-corrected chi connectivity index (χ4v) is 22.2. The number of nitrogens with zero attached hydrogens (tertiary/aromatic N) is 3. The lowest BCUT2D eigenvalue weighted by molar-refractivity contribution is -0.890. The third-order valence-electron chi connectivity index (χ3n) is 21.7. The van der Waals surface area contributed by atoms with Gasteiger partial charge in [-0.05, 0) is 107 Å². The molecule has 0 radical (unpaired) electrons. The maximum absolute atomic E-state index is 11.2. The van der Waals surface area contributed by atoms with Gasteiger partial charge in [-0.25, -0.2) is 0 Å². The zero-order valence-corrected chi connectivity index (χ0v) is 76.9. The Kier molecular flexibility index (Phi) is 73.9. The quantitative estimate of drug-likeness (QED) is 0.0340. The minimum Gasteiger partial charge on any atom is -0.390 e. The molecule has 106 heavy (non-hydrogen) atoms. The number of hydrogen-bond donors (Lipinski definition) is 2. The van der Waals surface area contributed by atoms with E-state index < -0.39 is 38.6 Å². The first-order valence-electron chi connectivity index (χ1n) is 46.3. The Morgan fingerprint density at radius 2 is 0.528 bits per heavy atom. The van der Waals surface area contributed by atoms with Crippen LogP contribution in [0, 0.1) is 0 Å². The maximum Gasteiger partial charge on any atom is 0.501 e. The van der Waals surface area contributed by atoms with Crippen LogP contribution in [0.25, 0.3) is 0 Å². The largest absolute Gasteiger partial charge is 0.501 e. The molecule has 2 N–H and O–H groups in total. The molecule has 0 heterocycles. The summed E-state index contributed by atoms with van der Waals surface area (Å²) in [6, 6.07) is 1.74. The average molecular weight is 1570 g/mol. The number of hydrogen-bond acceptors (Lipinski definition) is 13. The molecule has 4 atom stereocenters. The van der Waals surface area contributed by atoms with Crippen molar-refractivity contribution in [3.8, 4) is 0 Å². The Bertz CT molecular complexity index is 1790. The van der Waals surface area contributed by atoms with E-state index >= 15 is 0 Å². The molecule has 0 bridgehead atoms. The van der Waals surface area contributed by atoms with Crippen LogP contribution in [0.3, 0.4) is 0 Å². The molecule has 0 fully saturated rings. The van der Waals surface area contributed by atoms with Crippen LogP contribution in [0.4, 0.5) is 0 Å². The van der Waals surface area contributed by atoms with E-state index in [1.807, 2.05) is 48.5 Å². The monoisotopic (exact) mass is 1560 g/mol. The van der Waals surface area contributed by atoms with Crippen LogP contribution in [-0.4, -0.2) is 208 Å². The first-order chi connectivity index (χ1) is 51.2. The second-order valence-corrected chi connectivity index (χ2v) is 41.5. The van der Waals surface area contributed by atoms with Crippen molar-refractivity contribution in [1.29, 1.82) is 0 Å². The van der Waals surface area contributed by atoms with Crippen LogP contribution in [0.15, 0.2) is 0 Å². The molecule has 0 rings (SSSR count). The summed E-state index contributed by atoms with van der Waals surface area (Å²) in [6.07, 6.45) is 67.2. The highest BCUT2D eigenvalue weighted by Gasteiger charge is 2.44. The van der Waals surface area contributed by atoms with Gasteiger partial charge in [0.05, 0.1) is 106 Å². The van der Waals surface area contributed by atoms with Crippen molar-refractivity contribution in [2.75, 3.05) is 134 Å². The predicted molar refractivity (Wildman–Crippen MR) is 459 cm³/mol. The summed E-state index contributed by atoms with van der Waals surface area (Å²) in [6.45, 7) is 30.5. The van der Waals surface area contributed by atoms with Gasteiger partial charge in [0.25, 0.3) is 0 Å². The molecule has 0 aromatic heterocycles. The van der Waals surface area contributed by atoms with Gasteiger partial charge in [-0.1, -0.05) is 297 Å². The average Bonchev–Trinajstić information content (AvgIpc) is 0.866. The van der Waals surface area contributed by atoms with Gasteiger partial charge in [-0.2, -0.15) is 0 Å². The Balaban J connectivity index is 5.56. The molecular weight excluding hydrogens is 1380 g/mol. The van der Waals surface area contributed by atoms with E-state index in [0.29, 0.717) is 39.5 Å². The van der Waals surface area contributed by atoms with Gasteiger partial charge in [0.15, 0.2) is 0 Å². The Labute approximate surface area is 664 Å². The Morgan fingerprint density at radius 1 is 0.283 bits per heavy atom. The number of unbranched alkanes of at least 4 members (excludes halogenated alkanes) is 45. The van der Waals surface area contributed by atoms with E-state index in [9.17, 15) is 9.59 Å². The molecule has 0 spiro atoms. The van der Waals surface area contributed by atoms with E-state index in [0.717, 1.165) is 66.6 Å². The molecule has 0 aliphatic heterocycles. The predicted octanol–water partition coefficient (Wildman–Crippen LogP) is 23.6. The lowest BCUT2D eigenvalue weighted by atomic mass is 10.0. The van der Waals surface area contributed by atoms with Gasteiger partial charge in [0.2, 0.25) is 0 Å². The highest BCUT2D eigenvalue weighted by atomic mass is 28.4. The second kappa shape index (κ2) is 73.9. The highest BCUT2D eigenvalue weighted by molar-refractivity contribution is 6.61. The molecule has 15 nitrogen and oxygen atoms in total. The lowest BCUT2D eigenvalue weighted by Crippen LogP contribution is -2.50. The minimum atomic E-state index is -3.94. The molecule has 18 heteroatoms. The van der Waals surface area contributed by atoms with Crippen molar-refractivity contribution in [3.05, 3.63) is 0 Å². The molecule has 0 amide bonds. The van der Waals surface area contributed by atoms with E-state index in [2.05, 4.69) is 60.9 Å². The summed E-state index contributed by atoms with van der Waals surface area (Å²) in [5.41, 5.74) is 0. The molecular formula is C88H189N3O12Si3+2. The van der Waals surface area contributed by atoms with Crippen molar-refractivity contribution in [2.24, 2.45) is 0 Å². The normalized spacial score (nSPS) is 14.0. The molecule has 0 aliphatic rings. The van der Waals surface area contributed by atoms with Crippen LogP contribution in [0.5, 0.6) is 0 Å². The molecule has 0 aromatic carbocycles. The van der Waals surface area contributed by atoms with Crippen molar-refractivity contribution in [3.63, 3.8) is 0 Å². The van der Waals surface area contributed by atoms with E-state index in [-0.39, 0.29) is 44.7 Å². The van der Waals surface area contributed by atoms with E-state index in [4.69, 9.17) is 45.2 Å². The van der Waals surface area contributed by atoms with Gasteiger partial charge in [0, 0.05) is 57.4 Å². The maximum atomic E-state index is 11.2. The van der Waals surface area contributed by atoms with Gasteiger partial charge in [-0.3, -0.25) is 0 Å². The number of rotatable bonds is 88. The van der Waals surface area contributed by atoms with Gasteiger partial charge in [-0.15, -0.1) is 0 Å². The molecule has 4 unspecified atom stereocenters. The van der Waals surface area contributed by atoms with Gasteiger partial charge < -0.3 is 68.6 Å². The summed E-state index contributed by atoms with van der Waals surface area (Å²) < 4.78 is 67.1. The zero-order chi connectivity index (χ0) is 78.2. The highest BCUT2D eigenvalue weighted by Crippen LogP contribution is 2.26. The van der Waals surface area contributed by atoms with Crippen LogP contribution >= 0.6 is 0 Å². The fraction of sp³-hybridized carbons (Fsp3) is 1.00. The molecule has 0 aliphatic carbocycles. The second-order valence-electron chi connectivity index (χ2n) is 33.9. The van der Waals surface area contributed by atoms with Crippen molar-refractivity contribution in [2.45, 2.75) is 439 Å². The summed E-state index contributed by atoms with van der Waals surface area (Å²) in [4.78, 5) is 24.9. The van der Waals surface area contributed by atoms with Crippen LogP contribution in [0.1, 0.15) is 397 Å². The van der Waals surface area contributed by atoms with Crippen molar-refractivity contribution < 1.29 is 63.8 Å². The fourth-order valence-electron chi connectivity index (χ4n) is 15.2. The molecule has 0 saturated heterocycles.